The summed E-state index contributed by atoms with van der Waals surface area (Å²) >= 11 is 1.82. The Morgan fingerprint density at radius 2 is 2.10 bits per heavy atom. The summed E-state index contributed by atoms with van der Waals surface area (Å²) < 4.78 is 0. The van der Waals surface area contributed by atoms with E-state index in [4.69, 9.17) is 5.73 Å². The summed E-state index contributed by atoms with van der Waals surface area (Å²) in [6, 6.07) is 7.20. The van der Waals surface area contributed by atoms with Crippen LogP contribution in [0.2, 0.25) is 0 Å². The molecule has 4 nitrogen and oxygen atoms in total. The number of benzene rings is 1. The lowest BCUT2D eigenvalue weighted by Gasteiger charge is -2.34. The summed E-state index contributed by atoms with van der Waals surface area (Å²) in [7, 11) is 0. The van der Waals surface area contributed by atoms with E-state index in [1.165, 1.54) is 16.5 Å². The summed E-state index contributed by atoms with van der Waals surface area (Å²) in [6.45, 7) is 2.35. The number of nitrogens with zero attached hydrogens (tertiary/aromatic N) is 1. The Hall–Kier alpha value is -1.56. The van der Waals surface area contributed by atoms with Crippen LogP contribution in [-0.2, 0) is 13.0 Å². The maximum absolute atomic E-state index is 9.66. The third-order valence-electron chi connectivity index (χ3n) is 3.89. The molecule has 4 N–H and O–H groups in total. The summed E-state index contributed by atoms with van der Waals surface area (Å²) in [5.74, 6) is -0.183. The van der Waals surface area contributed by atoms with Crippen LogP contribution in [0.25, 0.3) is 0 Å². The molecular formula is C15H18N2O2S. The zero-order valence-corrected chi connectivity index (χ0v) is 11.9. The first-order chi connectivity index (χ1) is 9.69. The first-order valence-corrected chi connectivity index (χ1v) is 7.58. The number of rotatable bonds is 3. The Morgan fingerprint density at radius 3 is 2.85 bits per heavy atom. The number of phenolic OH excluding ortho intramolecular Hbond substituents is 2. The highest BCUT2D eigenvalue weighted by molar-refractivity contribution is 7.10. The molecule has 0 amide bonds. The number of hydrogen-bond acceptors (Lipinski definition) is 5. The second-order valence-electron chi connectivity index (χ2n) is 5.09. The number of phenols is 2. The van der Waals surface area contributed by atoms with Crippen LogP contribution >= 0.6 is 11.3 Å². The van der Waals surface area contributed by atoms with Crippen LogP contribution < -0.4 is 5.73 Å². The normalized spacial score (nSPS) is 16.9. The van der Waals surface area contributed by atoms with Crippen LogP contribution in [-0.4, -0.2) is 28.2 Å². The molecule has 5 heteroatoms. The predicted molar refractivity (Wildman–Crippen MR) is 80.0 cm³/mol. The molecule has 1 aliphatic rings. The highest BCUT2D eigenvalue weighted by atomic mass is 32.1. The molecule has 1 atom stereocenters. The third kappa shape index (κ3) is 2.40. The van der Waals surface area contributed by atoms with Crippen molar-refractivity contribution in [1.82, 2.24) is 4.90 Å². The Kier molecular flexibility index (Phi) is 3.65. The molecule has 0 fully saturated rings. The van der Waals surface area contributed by atoms with Gasteiger partial charge in [0.25, 0.3) is 0 Å². The van der Waals surface area contributed by atoms with E-state index < -0.39 is 0 Å². The van der Waals surface area contributed by atoms with E-state index in [-0.39, 0.29) is 17.5 Å². The lowest BCUT2D eigenvalue weighted by molar-refractivity contribution is 0.184. The first-order valence-electron chi connectivity index (χ1n) is 6.70. The van der Waals surface area contributed by atoms with E-state index >= 15 is 0 Å². The molecule has 0 aliphatic carbocycles. The largest absolute Gasteiger partial charge is 0.504 e. The van der Waals surface area contributed by atoms with Crippen molar-refractivity contribution in [1.29, 1.82) is 0 Å². The first kappa shape index (κ1) is 13.4. The molecule has 1 aliphatic heterocycles. The SMILES string of the molecule is NCC(c1ccc(O)c(O)c1)N1CCc2sccc2C1. The molecule has 2 heterocycles. The fourth-order valence-electron chi connectivity index (χ4n) is 2.78. The smallest absolute Gasteiger partial charge is 0.157 e. The second-order valence-corrected chi connectivity index (χ2v) is 6.09. The van der Waals surface area contributed by atoms with E-state index in [0.717, 1.165) is 25.1 Å². The van der Waals surface area contributed by atoms with Gasteiger partial charge in [-0.25, -0.2) is 0 Å². The van der Waals surface area contributed by atoms with Gasteiger partial charge >= 0.3 is 0 Å². The molecule has 1 aromatic heterocycles. The standard InChI is InChI=1S/C15H18N2O2S/c16-8-12(10-1-2-13(18)14(19)7-10)17-5-3-15-11(9-17)4-6-20-15/h1-2,4,6-7,12,18-19H,3,5,8-9,16H2. The lowest BCUT2D eigenvalue weighted by Crippen LogP contribution is -2.37. The van der Waals surface area contributed by atoms with Gasteiger partial charge in [-0.15, -0.1) is 11.3 Å². The molecule has 0 spiro atoms. The van der Waals surface area contributed by atoms with E-state index in [0.29, 0.717) is 6.54 Å². The predicted octanol–water partition coefficient (Wildman–Crippen LogP) is 2.22. The Morgan fingerprint density at radius 1 is 1.25 bits per heavy atom. The summed E-state index contributed by atoms with van der Waals surface area (Å²) in [4.78, 5) is 3.80. The maximum Gasteiger partial charge on any atom is 0.157 e. The van der Waals surface area contributed by atoms with Gasteiger partial charge in [-0.2, -0.15) is 0 Å². The van der Waals surface area contributed by atoms with Crippen LogP contribution in [0, 0.1) is 0 Å². The monoisotopic (exact) mass is 290 g/mol. The van der Waals surface area contributed by atoms with Crippen LogP contribution in [0.4, 0.5) is 0 Å². The van der Waals surface area contributed by atoms with Gasteiger partial charge in [0.1, 0.15) is 0 Å². The van der Waals surface area contributed by atoms with Gasteiger partial charge in [-0.3, -0.25) is 4.90 Å². The topological polar surface area (TPSA) is 69.7 Å². The van der Waals surface area contributed by atoms with E-state index in [1.807, 2.05) is 17.4 Å². The van der Waals surface area contributed by atoms with Crippen LogP contribution in [0.3, 0.4) is 0 Å². The van der Waals surface area contributed by atoms with Crippen molar-refractivity contribution in [2.75, 3.05) is 13.1 Å². The van der Waals surface area contributed by atoms with Crippen molar-refractivity contribution in [2.24, 2.45) is 5.73 Å². The third-order valence-corrected chi connectivity index (χ3v) is 4.91. The van der Waals surface area contributed by atoms with Crippen molar-refractivity contribution in [2.45, 2.75) is 19.0 Å². The lowest BCUT2D eigenvalue weighted by atomic mass is 10.0. The molecular weight excluding hydrogens is 272 g/mol. The highest BCUT2D eigenvalue weighted by Crippen LogP contribution is 2.33. The quantitative estimate of drug-likeness (QED) is 0.758. The summed E-state index contributed by atoms with van der Waals surface area (Å²) in [6.07, 6.45) is 1.05. The van der Waals surface area contributed by atoms with Gasteiger partial charge in [0, 0.05) is 30.6 Å². The fourth-order valence-corrected chi connectivity index (χ4v) is 3.67. The fraction of sp³-hybridized carbons (Fsp3) is 0.333. The van der Waals surface area contributed by atoms with E-state index in [9.17, 15) is 10.2 Å². The molecule has 1 aromatic carbocycles. The average Bonchev–Trinajstić information content (AvgIpc) is 2.91. The summed E-state index contributed by atoms with van der Waals surface area (Å²) in [5, 5.41) is 21.2. The molecule has 3 rings (SSSR count). The minimum absolute atomic E-state index is 0.0644. The Balaban J connectivity index is 1.85. The van der Waals surface area contributed by atoms with Crippen LogP contribution in [0.15, 0.2) is 29.6 Å². The van der Waals surface area contributed by atoms with E-state index in [2.05, 4.69) is 16.3 Å². The molecule has 20 heavy (non-hydrogen) atoms. The minimum Gasteiger partial charge on any atom is -0.504 e. The van der Waals surface area contributed by atoms with Gasteiger partial charge in [0.2, 0.25) is 0 Å². The maximum atomic E-state index is 9.66. The van der Waals surface area contributed by atoms with Gasteiger partial charge in [-0.1, -0.05) is 6.07 Å². The zero-order chi connectivity index (χ0) is 14.1. The molecule has 0 bridgehead atoms. The van der Waals surface area contributed by atoms with Crippen LogP contribution in [0.1, 0.15) is 22.0 Å². The summed E-state index contributed by atoms with van der Waals surface area (Å²) in [5.41, 5.74) is 8.26. The molecule has 0 saturated heterocycles. The number of fused-ring (bicyclic) bond motifs is 1. The number of nitrogens with two attached hydrogens (primary N) is 1. The van der Waals surface area contributed by atoms with Crippen molar-refractivity contribution in [3.63, 3.8) is 0 Å². The van der Waals surface area contributed by atoms with Gasteiger partial charge in [0.05, 0.1) is 0 Å². The zero-order valence-electron chi connectivity index (χ0n) is 11.1. The van der Waals surface area contributed by atoms with Crippen molar-refractivity contribution in [3.8, 4) is 11.5 Å². The minimum atomic E-state index is -0.0942. The van der Waals surface area contributed by atoms with Gasteiger partial charge in [-0.05, 0) is 41.1 Å². The van der Waals surface area contributed by atoms with E-state index in [1.54, 1.807) is 6.07 Å². The number of hydrogen-bond donors (Lipinski definition) is 3. The van der Waals surface area contributed by atoms with Crippen molar-refractivity contribution >= 4 is 11.3 Å². The molecule has 0 saturated carbocycles. The van der Waals surface area contributed by atoms with Gasteiger partial charge < -0.3 is 15.9 Å². The van der Waals surface area contributed by atoms with Crippen molar-refractivity contribution in [3.05, 3.63) is 45.6 Å². The molecule has 1 unspecified atom stereocenters. The Labute approximate surface area is 122 Å². The molecule has 0 radical (unpaired) electrons. The molecule has 2 aromatic rings. The number of aromatic hydroxyl groups is 2. The number of thiophene rings is 1. The Bertz CT molecular complexity index is 612. The molecule has 106 valence electrons. The average molecular weight is 290 g/mol. The van der Waals surface area contributed by atoms with Gasteiger partial charge in [0.15, 0.2) is 11.5 Å². The van der Waals surface area contributed by atoms with Crippen LogP contribution in [0.5, 0.6) is 11.5 Å². The second kappa shape index (κ2) is 5.44. The van der Waals surface area contributed by atoms with Crippen molar-refractivity contribution < 1.29 is 10.2 Å². The highest BCUT2D eigenvalue weighted by Gasteiger charge is 2.25.